The molecule has 9 heteroatoms. The van der Waals surface area contributed by atoms with Crippen LogP contribution in [0.5, 0.6) is 0 Å². The van der Waals surface area contributed by atoms with Gasteiger partial charge < -0.3 is 19.4 Å². The number of pyridine rings is 1. The lowest BCUT2D eigenvalue weighted by Gasteiger charge is -2.37. The van der Waals surface area contributed by atoms with Crippen LogP contribution in [0.3, 0.4) is 0 Å². The Balaban J connectivity index is 1.01. The predicted molar refractivity (Wildman–Crippen MR) is 140 cm³/mol. The summed E-state index contributed by atoms with van der Waals surface area (Å²) in [5.74, 6) is 1.79. The molecule has 0 spiro atoms. The quantitative estimate of drug-likeness (QED) is 0.543. The van der Waals surface area contributed by atoms with Crippen LogP contribution in [0.1, 0.15) is 23.3 Å². The van der Waals surface area contributed by atoms with E-state index >= 15 is 0 Å². The van der Waals surface area contributed by atoms with Gasteiger partial charge in [0.1, 0.15) is 5.69 Å². The number of ether oxygens (including phenoxy) is 1. The molecule has 2 aromatic heterocycles. The van der Waals surface area contributed by atoms with Gasteiger partial charge in [0.25, 0.3) is 5.91 Å². The fraction of sp³-hybridized carbons (Fsp3) is 0.481. The van der Waals surface area contributed by atoms with E-state index in [-0.39, 0.29) is 5.91 Å². The predicted octanol–water partition coefficient (Wildman–Crippen LogP) is 2.29. The Labute approximate surface area is 211 Å². The number of carbonyl (C=O) groups excluding carboxylic acids is 1. The number of aromatic nitrogens is 3. The first-order valence-electron chi connectivity index (χ1n) is 13.1. The average molecular weight is 488 g/mol. The van der Waals surface area contributed by atoms with Gasteiger partial charge in [-0.1, -0.05) is 24.3 Å². The number of amides is 1. The minimum Gasteiger partial charge on any atom is -0.377 e. The first-order valence-corrected chi connectivity index (χ1v) is 13.1. The van der Waals surface area contributed by atoms with E-state index in [0.29, 0.717) is 24.9 Å². The zero-order chi connectivity index (χ0) is 24.3. The van der Waals surface area contributed by atoms with Crippen molar-refractivity contribution in [3.8, 4) is 0 Å². The Bertz CT molecular complexity index is 1180. The van der Waals surface area contributed by atoms with Crippen molar-refractivity contribution in [2.45, 2.75) is 18.9 Å². The Morgan fingerprint density at radius 1 is 0.833 bits per heavy atom. The van der Waals surface area contributed by atoms with Crippen molar-refractivity contribution in [1.82, 2.24) is 25.0 Å². The second-order valence-electron chi connectivity index (χ2n) is 9.84. The second-order valence-corrected chi connectivity index (χ2v) is 9.84. The molecule has 3 saturated heterocycles. The monoisotopic (exact) mass is 487 g/mol. The van der Waals surface area contributed by atoms with E-state index in [4.69, 9.17) is 4.74 Å². The number of hydrogen-bond acceptors (Lipinski definition) is 8. The molecule has 9 nitrogen and oxygen atoms in total. The van der Waals surface area contributed by atoms with E-state index in [9.17, 15) is 4.79 Å². The number of fused-ring (bicyclic) bond motifs is 1. The maximum atomic E-state index is 13.0. The Hall–Kier alpha value is -3.30. The minimum absolute atomic E-state index is 0.0135. The molecule has 0 radical (unpaired) electrons. The fourth-order valence-corrected chi connectivity index (χ4v) is 5.38. The number of carbonyl (C=O) groups is 1. The van der Waals surface area contributed by atoms with Gasteiger partial charge in [0, 0.05) is 70.9 Å². The topological polar surface area (TPSA) is 77.9 Å². The van der Waals surface area contributed by atoms with Crippen molar-refractivity contribution in [3.05, 3.63) is 54.2 Å². The summed E-state index contributed by atoms with van der Waals surface area (Å²) >= 11 is 0. The van der Waals surface area contributed by atoms with Crippen LogP contribution in [0.15, 0.2) is 48.5 Å². The first-order chi connectivity index (χ1) is 17.7. The summed E-state index contributed by atoms with van der Waals surface area (Å²) in [6, 6.07) is 15.8. The molecule has 3 aliphatic rings. The summed E-state index contributed by atoms with van der Waals surface area (Å²) in [5, 5.41) is 10.1. The molecule has 6 rings (SSSR count). The number of piperazine rings is 2. The van der Waals surface area contributed by atoms with Crippen LogP contribution in [0.2, 0.25) is 0 Å². The standard InChI is InChI=1S/C27H33N7O2/c35-27(24-8-7-21-4-1-2-6-23(21)28-24)34-17-15-33(16-18-34)26-10-9-25(29-30-26)32-13-11-31(12-14-32)20-22-5-3-19-36-22/h1-2,4,6-10,22H,3,5,11-20H2. The Kier molecular flexibility index (Phi) is 6.65. The molecule has 0 saturated carbocycles. The van der Waals surface area contributed by atoms with Gasteiger partial charge in [-0.25, -0.2) is 4.98 Å². The summed E-state index contributed by atoms with van der Waals surface area (Å²) in [6.45, 7) is 8.70. The van der Waals surface area contributed by atoms with Crippen LogP contribution in [-0.2, 0) is 4.74 Å². The summed E-state index contributed by atoms with van der Waals surface area (Å²) in [6.07, 6.45) is 2.80. The Morgan fingerprint density at radius 3 is 2.19 bits per heavy atom. The number of para-hydroxylation sites is 1. The lowest BCUT2D eigenvalue weighted by molar-refractivity contribution is 0.0712. The highest BCUT2D eigenvalue weighted by atomic mass is 16.5. The summed E-state index contributed by atoms with van der Waals surface area (Å²) in [5.41, 5.74) is 1.35. The van der Waals surface area contributed by atoms with E-state index in [1.54, 1.807) is 0 Å². The van der Waals surface area contributed by atoms with Gasteiger partial charge in [-0.2, -0.15) is 0 Å². The smallest absolute Gasteiger partial charge is 0.272 e. The molecule has 5 heterocycles. The zero-order valence-electron chi connectivity index (χ0n) is 20.6. The van der Waals surface area contributed by atoms with E-state index in [2.05, 4.69) is 42.0 Å². The van der Waals surface area contributed by atoms with Crippen LogP contribution in [-0.4, -0.2) is 103 Å². The molecule has 0 N–H and O–H groups in total. The molecule has 0 bridgehead atoms. The third kappa shape index (κ3) is 4.99. The molecular formula is C27H33N7O2. The van der Waals surface area contributed by atoms with Crippen molar-refractivity contribution < 1.29 is 9.53 Å². The molecule has 0 aliphatic carbocycles. The average Bonchev–Trinajstić information content (AvgIpc) is 3.46. The molecule has 1 aromatic carbocycles. The lowest BCUT2D eigenvalue weighted by atomic mass is 10.2. The molecule has 3 aromatic rings. The fourth-order valence-electron chi connectivity index (χ4n) is 5.38. The van der Waals surface area contributed by atoms with Crippen LogP contribution >= 0.6 is 0 Å². The highest BCUT2D eigenvalue weighted by molar-refractivity contribution is 5.95. The summed E-state index contributed by atoms with van der Waals surface area (Å²) in [7, 11) is 0. The van der Waals surface area contributed by atoms with Crippen molar-refractivity contribution in [3.63, 3.8) is 0 Å². The van der Waals surface area contributed by atoms with Gasteiger partial charge in [-0.3, -0.25) is 9.69 Å². The molecule has 36 heavy (non-hydrogen) atoms. The first kappa shape index (κ1) is 23.1. The van der Waals surface area contributed by atoms with Crippen LogP contribution < -0.4 is 9.80 Å². The molecule has 1 atom stereocenters. The second kappa shape index (κ2) is 10.4. The van der Waals surface area contributed by atoms with E-state index < -0.39 is 0 Å². The van der Waals surface area contributed by atoms with Gasteiger partial charge in [-0.05, 0) is 37.1 Å². The zero-order valence-corrected chi connectivity index (χ0v) is 20.6. The third-order valence-electron chi connectivity index (χ3n) is 7.53. The lowest BCUT2D eigenvalue weighted by Crippen LogP contribution is -2.49. The summed E-state index contributed by atoms with van der Waals surface area (Å²) < 4.78 is 5.79. The molecule has 1 amide bonds. The van der Waals surface area contributed by atoms with Gasteiger partial charge in [0.2, 0.25) is 0 Å². The number of anilines is 2. The number of hydrogen-bond donors (Lipinski definition) is 0. The summed E-state index contributed by atoms with van der Waals surface area (Å²) in [4.78, 5) is 26.5. The molecule has 3 fully saturated rings. The highest BCUT2D eigenvalue weighted by Crippen LogP contribution is 2.20. The largest absolute Gasteiger partial charge is 0.377 e. The normalized spacial score (nSPS) is 21.3. The van der Waals surface area contributed by atoms with Gasteiger partial charge >= 0.3 is 0 Å². The van der Waals surface area contributed by atoms with Crippen LogP contribution in [0, 0.1) is 0 Å². The van der Waals surface area contributed by atoms with Gasteiger partial charge in [0.15, 0.2) is 11.6 Å². The van der Waals surface area contributed by atoms with Gasteiger partial charge in [-0.15, -0.1) is 10.2 Å². The number of benzene rings is 1. The van der Waals surface area contributed by atoms with E-state index in [1.807, 2.05) is 41.3 Å². The molecule has 3 aliphatic heterocycles. The third-order valence-corrected chi connectivity index (χ3v) is 7.53. The SMILES string of the molecule is O=C(c1ccc2ccccc2n1)N1CCN(c2ccc(N3CCN(CC4CCCO4)CC3)nn2)CC1. The van der Waals surface area contributed by atoms with Crippen LogP contribution in [0.4, 0.5) is 11.6 Å². The molecular weight excluding hydrogens is 454 g/mol. The van der Waals surface area contributed by atoms with Crippen molar-refractivity contribution in [1.29, 1.82) is 0 Å². The molecule has 188 valence electrons. The maximum Gasteiger partial charge on any atom is 0.272 e. The van der Waals surface area contributed by atoms with Crippen molar-refractivity contribution >= 4 is 28.4 Å². The van der Waals surface area contributed by atoms with Crippen molar-refractivity contribution in [2.75, 3.05) is 75.3 Å². The number of rotatable bonds is 5. The Morgan fingerprint density at radius 2 is 1.53 bits per heavy atom. The maximum absolute atomic E-state index is 13.0. The van der Waals surface area contributed by atoms with Crippen molar-refractivity contribution in [2.24, 2.45) is 0 Å². The number of nitrogens with zero attached hydrogens (tertiary/aromatic N) is 7. The minimum atomic E-state index is -0.0135. The highest BCUT2D eigenvalue weighted by Gasteiger charge is 2.26. The van der Waals surface area contributed by atoms with E-state index in [1.165, 1.54) is 12.8 Å². The molecule has 1 unspecified atom stereocenters. The van der Waals surface area contributed by atoms with Crippen LogP contribution in [0.25, 0.3) is 10.9 Å². The van der Waals surface area contributed by atoms with E-state index in [0.717, 1.165) is 75.0 Å². The van der Waals surface area contributed by atoms with Gasteiger partial charge in [0.05, 0.1) is 11.6 Å².